The molecule has 0 spiro atoms. The summed E-state index contributed by atoms with van der Waals surface area (Å²) >= 11 is 9.56. The molecule has 1 N–H and O–H groups in total. The van der Waals surface area contributed by atoms with Gasteiger partial charge in [-0.2, -0.15) is 0 Å². The Labute approximate surface area is 121 Å². The van der Waals surface area contributed by atoms with E-state index in [1.807, 2.05) is 19.2 Å². The van der Waals surface area contributed by atoms with E-state index >= 15 is 0 Å². The Morgan fingerprint density at radius 1 is 1.11 bits per heavy atom. The van der Waals surface area contributed by atoms with E-state index in [4.69, 9.17) is 11.6 Å². The molecule has 3 heteroatoms. The summed E-state index contributed by atoms with van der Waals surface area (Å²) in [6.07, 6.45) is 0. The van der Waals surface area contributed by atoms with E-state index in [0.717, 1.165) is 9.50 Å². The fraction of sp³-hybridized carbons (Fsp3) is 0.200. The maximum Gasteiger partial charge on any atom is 0.0585 e. The predicted molar refractivity (Wildman–Crippen MR) is 81.2 cm³/mol. The van der Waals surface area contributed by atoms with Gasteiger partial charge < -0.3 is 5.32 Å². The lowest BCUT2D eigenvalue weighted by atomic mass is 9.98. The molecular formula is C15H15BrClN. The molecule has 2 rings (SSSR count). The van der Waals surface area contributed by atoms with E-state index in [1.165, 1.54) is 16.7 Å². The average molecular weight is 325 g/mol. The first-order valence-electron chi connectivity index (χ1n) is 5.80. The van der Waals surface area contributed by atoms with Crippen molar-refractivity contribution >= 4 is 27.5 Å². The zero-order chi connectivity index (χ0) is 13.1. The second-order valence-corrected chi connectivity index (χ2v) is 5.59. The van der Waals surface area contributed by atoms with Crippen molar-refractivity contribution in [1.29, 1.82) is 0 Å². The molecule has 0 saturated heterocycles. The molecular weight excluding hydrogens is 310 g/mol. The SMILES string of the molecule is CNC(c1ccc(Cl)cc1)c1ccc(C)cc1Br. The minimum absolute atomic E-state index is 0.164. The lowest BCUT2D eigenvalue weighted by molar-refractivity contribution is 0.689. The van der Waals surface area contributed by atoms with Crippen LogP contribution >= 0.6 is 27.5 Å². The van der Waals surface area contributed by atoms with Crippen molar-refractivity contribution in [1.82, 2.24) is 5.32 Å². The highest BCUT2D eigenvalue weighted by atomic mass is 79.9. The second kappa shape index (κ2) is 5.87. The highest BCUT2D eigenvalue weighted by Crippen LogP contribution is 2.29. The van der Waals surface area contributed by atoms with Gasteiger partial charge in [-0.15, -0.1) is 0 Å². The van der Waals surface area contributed by atoms with Crippen LogP contribution in [0.4, 0.5) is 0 Å². The van der Waals surface area contributed by atoms with Crippen molar-refractivity contribution in [3.05, 3.63) is 68.7 Å². The van der Waals surface area contributed by atoms with E-state index in [1.54, 1.807) is 0 Å². The molecule has 0 aliphatic heterocycles. The largest absolute Gasteiger partial charge is 0.309 e. The van der Waals surface area contributed by atoms with Crippen molar-refractivity contribution in [2.45, 2.75) is 13.0 Å². The molecule has 1 nitrogen and oxygen atoms in total. The smallest absolute Gasteiger partial charge is 0.0585 e. The van der Waals surface area contributed by atoms with Crippen LogP contribution in [0.3, 0.4) is 0 Å². The number of hydrogen-bond donors (Lipinski definition) is 1. The first-order chi connectivity index (χ1) is 8.61. The number of rotatable bonds is 3. The van der Waals surface area contributed by atoms with E-state index in [0.29, 0.717) is 0 Å². The van der Waals surface area contributed by atoms with Gasteiger partial charge in [-0.3, -0.25) is 0 Å². The third kappa shape index (κ3) is 2.94. The van der Waals surface area contributed by atoms with E-state index in [9.17, 15) is 0 Å². The van der Waals surface area contributed by atoms with Crippen LogP contribution < -0.4 is 5.32 Å². The second-order valence-electron chi connectivity index (χ2n) is 4.30. The summed E-state index contributed by atoms with van der Waals surface area (Å²) in [6.45, 7) is 2.09. The monoisotopic (exact) mass is 323 g/mol. The van der Waals surface area contributed by atoms with Crippen LogP contribution in [0.15, 0.2) is 46.9 Å². The van der Waals surface area contributed by atoms with Gasteiger partial charge in [-0.1, -0.05) is 51.8 Å². The molecule has 0 heterocycles. The Kier molecular flexibility index (Phi) is 4.44. The molecule has 94 valence electrons. The predicted octanol–water partition coefficient (Wildman–Crippen LogP) is 4.72. The molecule has 1 unspecified atom stereocenters. The fourth-order valence-electron chi connectivity index (χ4n) is 2.02. The molecule has 2 aromatic rings. The summed E-state index contributed by atoms with van der Waals surface area (Å²) in [5.74, 6) is 0. The van der Waals surface area contributed by atoms with Crippen molar-refractivity contribution < 1.29 is 0 Å². The third-order valence-electron chi connectivity index (χ3n) is 2.96. The topological polar surface area (TPSA) is 12.0 Å². The number of nitrogens with one attached hydrogen (secondary N) is 1. The van der Waals surface area contributed by atoms with Crippen molar-refractivity contribution in [2.75, 3.05) is 7.05 Å². The Morgan fingerprint density at radius 2 is 1.78 bits per heavy atom. The van der Waals surface area contributed by atoms with E-state index < -0.39 is 0 Å². The quantitative estimate of drug-likeness (QED) is 0.861. The number of hydrogen-bond acceptors (Lipinski definition) is 1. The maximum atomic E-state index is 5.93. The molecule has 18 heavy (non-hydrogen) atoms. The Balaban J connectivity index is 2.41. The molecule has 0 saturated carbocycles. The van der Waals surface area contributed by atoms with Crippen molar-refractivity contribution in [3.8, 4) is 0 Å². The van der Waals surface area contributed by atoms with Crippen LogP contribution in [0.25, 0.3) is 0 Å². The summed E-state index contributed by atoms with van der Waals surface area (Å²) in [6, 6.07) is 14.5. The van der Waals surface area contributed by atoms with E-state index in [-0.39, 0.29) is 6.04 Å². The standard InChI is InChI=1S/C15H15BrClN/c1-10-3-8-13(14(16)9-10)15(18-2)11-4-6-12(17)7-5-11/h3-9,15,18H,1-2H3. The van der Waals surface area contributed by atoms with Gasteiger partial charge in [0.1, 0.15) is 0 Å². The Morgan fingerprint density at radius 3 is 2.33 bits per heavy atom. The molecule has 0 aliphatic rings. The fourth-order valence-corrected chi connectivity index (χ4v) is 2.87. The Bertz CT molecular complexity index is 537. The van der Waals surface area contributed by atoms with Crippen LogP contribution in [-0.2, 0) is 0 Å². The number of benzene rings is 2. The zero-order valence-corrected chi connectivity index (χ0v) is 12.7. The van der Waals surface area contributed by atoms with Gasteiger partial charge in [0.25, 0.3) is 0 Å². The van der Waals surface area contributed by atoms with Crippen LogP contribution in [0.5, 0.6) is 0 Å². The van der Waals surface area contributed by atoms with Gasteiger partial charge in [0.2, 0.25) is 0 Å². The lowest BCUT2D eigenvalue weighted by Crippen LogP contribution is -2.18. The highest BCUT2D eigenvalue weighted by Gasteiger charge is 2.14. The Hall–Kier alpha value is -0.830. The molecule has 0 aliphatic carbocycles. The molecule has 1 atom stereocenters. The first kappa shape index (κ1) is 13.6. The van der Waals surface area contributed by atoms with Gasteiger partial charge >= 0.3 is 0 Å². The number of aryl methyl sites for hydroxylation is 1. The summed E-state index contributed by atoms with van der Waals surface area (Å²) < 4.78 is 1.12. The van der Waals surface area contributed by atoms with Crippen LogP contribution in [-0.4, -0.2) is 7.05 Å². The van der Waals surface area contributed by atoms with Crippen molar-refractivity contribution in [3.63, 3.8) is 0 Å². The van der Waals surface area contributed by atoms with Gasteiger partial charge in [-0.05, 0) is 48.9 Å². The van der Waals surface area contributed by atoms with Gasteiger partial charge in [0.05, 0.1) is 6.04 Å². The maximum absolute atomic E-state index is 5.93. The zero-order valence-electron chi connectivity index (χ0n) is 10.4. The highest BCUT2D eigenvalue weighted by molar-refractivity contribution is 9.10. The van der Waals surface area contributed by atoms with Crippen molar-refractivity contribution in [2.24, 2.45) is 0 Å². The minimum atomic E-state index is 0.164. The lowest BCUT2D eigenvalue weighted by Gasteiger charge is -2.19. The van der Waals surface area contributed by atoms with Gasteiger partial charge in [-0.25, -0.2) is 0 Å². The minimum Gasteiger partial charge on any atom is -0.309 e. The molecule has 0 fully saturated rings. The molecule has 2 aromatic carbocycles. The molecule has 0 aromatic heterocycles. The third-order valence-corrected chi connectivity index (χ3v) is 3.90. The summed E-state index contributed by atoms with van der Waals surface area (Å²) in [7, 11) is 1.96. The van der Waals surface area contributed by atoms with E-state index in [2.05, 4.69) is 58.5 Å². The van der Waals surface area contributed by atoms with Gasteiger partial charge in [0, 0.05) is 9.50 Å². The summed E-state index contributed by atoms with van der Waals surface area (Å²) in [5, 5.41) is 4.10. The van der Waals surface area contributed by atoms with Crippen LogP contribution in [0, 0.1) is 6.92 Å². The number of halogens is 2. The molecule has 0 amide bonds. The summed E-state index contributed by atoms with van der Waals surface area (Å²) in [5.41, 5.74) is 3.67. The molecule has 0 bridgehead atoms. The molecule has 0 radical (unpaired) electrons. The van der Waals surface area contributed by atoms with Gasteiger partial charge in [0.15, 0.2) is 0 Å². The normalized spacial score (nSPS) is 12.4. The summed E-state index contributed by atoms with van der Waals surface area (Å²) in [4.78, 5) is 0. The van der Waals surface area contributed by atoms with Crippen LogP contribution in [0.2, 0.25) is 5.02 Å². The first-order valence-corrected chi connectivity index (χ1v) is 6.97. The average Bonchev–Trinajstić information content (AvgIpc) is 2.35. The van der Waals surface area contributed by atoms with Crippen LogP contribution in [0.1, 0.15) is 22.7 Å².